The average molecular weight is 455 g/mol. The number of aryl methyl sites for hydroxylation is 1. The molecule has 0 radical (unpaired) electrons. The lowest BCUT2D eigenvalue weighted by atomic mass is 10.0. The third kappa shape index (κ3) is 6.33. The van der Waals surface area contributed by atoms with Gasteiger partial charge in [-0.2, -0.15) is 9.50 Å². The number of ether oxygens (including phenoxy) is 1. The van der Waals surface area contributed by atoms with Gasteiger partial charge in [0.05, 0.1) is 12.9 Å². The number of rotatable bonds is 7. The van der Waals surface area contributed by atoms with Crippen LogP contribution in [0.5, 0.6) is 0 Å². The molecule has 4 rings (SSSR count). The van der Waals surface area contributed by atoms with Gasteiger partial charge in [0, 0.05) is 28.6 Å². The molecule has 1 aliphatic rings. The highest BCUT2D eigenvalue weighted by Gasteiger charge is 2.30. The predicted octanol–water partition coefficient (Wildman–Crippen LogP) is 5.39. The van der Waals surface area contributed by atoms with E-state index >= 15 is 0 Å². The van der Waals surface area contributed by atoms with Crippen LogP contribution in [-0.2, 0) is 11.2 Å². The summed E-state index contributed by atoms with van der Waals surface area (Å²) < 4.78 is 6.72. The average Bonchev–Trinajstić information content (AvgIpc) is 3.55. The predicted molar refractivity (Wildman–Crippen MR) is 130 cm³/mol. The summed E-state index contributed by atoms with van der Waals surface area (Å²) in [5.74, 6) is 3.52. The fraction of sp³-hybridized carbons (Fsp3) is 0.400. The van der Waals surface area contributed by atoms with Crippen molar-refractivity contribution in [3.05, 3.63) is 76.4 Å². The minimum Gasteiger partial charge on any atom is -0.501 e. The van der Waals surface area contributed by atoms with Crippen molar-refractivity contribution in [2.75, 3.05) is 7.11 Å². The molecule has 1 fully saturated rings. The molecule has 3 aromatic rings. The highest BCUT2D eigenvalue weighted by molar-refractivity contribution is 6.21. The molecule has 0 aliphatic heterocycles. The molecular formula is C25H31ClN4O2. The van der Waals surface area contributed by atoms with Gasteiger partial charge in [0.2, 0.25) is 0 Å². The third-order valence-electron chi connectivity index (χ3n) is 5.44. The Labute approximate surface area is 194 Å². The molecule has 0 amide bonds. The second kappa shape index (κ2) is 11.1. The van der Waals surface area contributed by atoms with Gasteiger partial charge in [-0.15, -0.1) is 11.6 Å². The molecule has 1 N–H and O–H groups in total. The summed E-state index contributed by atoms with van der Waals surface area (Å²) in [4.78, 5) is 20.5. The molecule has 0 spiro atoms. The lowest BCUT2D eigenvalue weighted by Crippen LogP contribution is -2.15. The van der Waals surface area contributed by atoms with Crippen LogP contribution in [0, 0.1) is 11.8 Å². The van der Waals surface area contributed by atoms with Crippen LogP contribution in [0.3, 0.4) is 0 Å². The topological polar surface area (TPSA) is 72.3 Å². The van der Waals surface area contributed by atoms with Gasteiger partial charge in [0.25, 0.3) is 11.3 Å². The number of aromatic amines is 1. The van der Waals surface area contributed by atoms with Crippen LogP contribution in [-0.4, -0.2) is 32.1 Å². The first-order valence-corrected chi connectivity index (χ1v) is 11.5. The molecule has 0 bridgehead atoms. The van der Waals surface area contributed by atoms with E-state index in [0.717, 1.165) is 29.4 Å². The Bertz CT molecular complexity index is 1130. The van der Waals surface area contributed by atoms with Crippen molar-refractivity contribution >= 4 is 17.4 Å². The molecule has 6 nitrogen and oxygen atoms in total. The molecule has 1 aliphatic carbocycles. The zero-order valence-electron chi connectivity index (χ0n) is 19.1. The Morgan fingerprint density at radius 2 is 2.00 bits per heavy atom. The molecule has 0 saturated heterocycles. The van der Waals surface area contributed by atoms with Crippen LogP contribution >= 0.6 is 11.6 Å². The van der Waals surface area contributed by atoms with E-state index in [4.69, 9.17) is 16.3 Å². The molecule has 1 aromatic carbocycles. The number of halogens is 1. The van der Waals surface area contributed by atoms with E-state index in [1.807, 2.05) is 62.4 Å². The minimum atomic E-state index is -0.133. The standard InChI is InChI=1S/C13H12N4O.C12H19ClO/c1-2-10-8-11(18)17-13(14-10)15-12(16-17)9-6-4-3-5-7-9;1-9(13)5-4-6-12(14-3)10(2)11-7-8-11/h3-8H,2H2,1H3,(H,14,15,16);4-6,9-11H,7-8H2,1-3H3/b;5-4-,12-6+. The summed E-state index contributed by atoms with van der Waals surface area (Å²) in [7, 11) is 1.74. The minimum absolute atomic E-state index is 0.0839. The number of methoxy groups -OCH3 is 1. The van der Waals surface area contributed by atoms with E-state index in [9.17, 15) is 4.79 Å². The van der Waals surface area contributed by atoms with Crippen LogP contribution in [0.15, 0.2) is 65.2 Å². The van der Waals surface area contributed by atoms with Gasteiger partial charge < -0.3 is 4.74 Å². The zero-order chi connectivity index (χ0) is 23.1. The van der Waals surface area contributed by atoms with Gasteiger partial charge in [-0.05, 0) is 38.2 Å². The summed E-state index contributed by atoms with van der Waals surface area (Å²) in [5, 5.41) is 3.05. The van der Waals surface area contributed by atoms with Gasteiger partial charge in [0.1, 0.15) is 0 Å². The number of nitrogens with zero attached hydrogens (tertiary/aromatic N) is 3. The largest absolute Gasteiger partial charge is 0.501 e. The summed E-state index contributed by atoms with van der Waals surface area (Å²) in [5.41, 5.74) is 1.55. The van der Waals surface area contributed by atoms with Crippen LogP contribution < -0.4 is 5.56 Å². The lowest BCUT2D eigenvalue weighted by Gasteiger charge is -2.12. The second-order valence-corrected chi connectivity index (χ2v) is 8.66. The number of H-pyrrole nitrogens is 1. The second-order valence-electron chi connectivity index (χ2n) is 7.97. The van der Waals surface area contributed by atoms with Crippen molar-refractivity contribution in [1.82, 2.24) is 19.6 Å². The van der Waals surface area contributed by atoms with Gasteiger partial charge >= 0.3 is 0 Å². The Balaban J connectivity index is 0.000000188. The van der Waals surface area contributed by atoms with E-state index in [1.165, 1.54) is 23.4 Å². The SMILES string of the molecule is CCc1cc(=O)n2[nH]c(-c3ccccc3)nc2n1.CO/C(=C/C=C\C(C)Cl)C(C)C1CC1. The van der Waals surface area contributed by atoms with Crippen molar-refractivity contribution in [3.63, 3.8) is 0 Å². The van der Waals surface area contributed by atoms with Crippen LogP contribution in [0.1, 0.15) is 39.3 Å². The van der Waals surface area contributed by atoms with E-state index in [2.05, 4.69) is 22.0 Å². The first kappa shape index (κ1) is 23.8. The van der Waals surface area contributed by atoms with Crippen LogP contribution in [0.4, 0.5) is 0 Å². The Morgan fingerprint density at radius 3 is 2.59 bits per heavy atom. The number of alkyl halides is 1. The highest BCUT2D eigenvalue weighted by Crippen LogP contribution is 2.40. The third-order valence-corrected chi connectivity index (χ3v) is 5.59. The molecule has 2 unspecified atom stereocenters. The van der Waals surface area contributed by atoms with Crippen molar-refractivity contribution in [2.24, 2.45) is 11.8 Å². The van der Waals surface area contributed by atoms with Crippen molar-refractivity contribution in [2.45, 2.75) is 45.4 Å². The number of allylic oxidation sites excluding steroid dienone is 4. The molecule has 2 heterocycles. The van der Waals surface area contributed by atoms with E-state index in [1.54, 1.807) is 7.11 Å². The van der Waals surface area contributed by atoms with Gasteiger partial charge in [-0.25, -0.2) is 4.98 Å². The van der Waals surface area contributed by atoms with Crippen molar-refractivity contribution < 1.29 is 4.74 Å². The fourth-order valence-electron chi connectivity index (χ4n) is 3.37. The molecule has 2 atom stereocenters. The van der Waals surface area contributed by atoms with E-state index in [0.29, 0.717) is 17.5 Å². The van der Waals surface area contributed by atoms with E-state index < -0.39 is 0 Å². The number of nitrogens with one attached hydrogen (secondary N) is 1. The lowest BCUT2D eigenvalue weighted by molar-refractivity contribution is 0.237. The maximum Gasteiger partial charge on any atom is 0.274 e. The molecule has 2 aromatic heterocycles. The van der Waals surface area contributed by atoms with Crippen LogP contribution in [0.25, 0.3) is 17.2 Å². The zero-order valence-corrected chi connectivity index (χ0v) is 19.8. The smallest absolute Gasteiger partial charge is 0.274 e. The molecule has 1 saturated carbocycles. The first-order valence-electron chi connectivity index (χ1n) is 11.0. The van der Waals surface area contributed by atoms with E-state index in [-0.39, 0.29) is 10.9 Å². The summed E-state index contributed by atoms with van der Waals surface area (Å²) in [6.07, 6.45) is 9.38. The number of fused-ring (bicyclic) bond motifs is 1. The van der Waals surface area contributed by atoms with Gasteiger partial charge in [0.15, 0.2) is 5.82 Å². The molecule has 170 valence electrons. The molecule has 32 heavy (non-hydrogen) atoms. The molecular weight excluding hydrogens is 424 g/mol. The maximum atomic E-state index is 11.9. The van der Waals surface area contributed by atoms with Gasteiger partial charge in [-0.3, -0.25) is 9.89 Å². The summed E-state index contributed by atoms with van der Waals surface area (Å²) in [6.45, 7) is 6.14. The quantitative estimate of drug-likeness (QED) is 0.295. The number of hydrogen-bond acceptors (Lipinski definition) is 4. The molecule has 7 heteroatoms. The summed E-state index contributed by atoms with van der Waals surface area (Å²) >= 11 is 5.80. The summed E-state index contributed by atoms with van der Waals surface area (Å²) in [6, 6.07) is 11.2. The maximum absolute atomic E-state index is 11.9. The number of aromatic nitrogens is 4. The Morgan fingerprint density at radius 1 is 1.28 bits per heavy atom. The van der Waals surface area contributed by atoms with Gasteiger partial charge in [-0.1, -0.05) is 56.3 Å². The Kier molecular flexibility index (Phi) is 8.28. The van der Waals surface area contributed by atoms with Crippen molar-refractivity contribution in [1.29, 1.82) is 0 Å². The monoisotopic (exact) mass is 454 g/mol. The number of benzene rings is 1. The van der Waals surface area contributed by atoms with Crippen molar-refractivity contribution in [3.8, 4) is 11.4 Å². The Hall–Kier alpha value is -2.86. The van der Waals surface area contributed by atoms with Crippen LogP contribution in [0.2, 0.25) is 0 Å². The number of hydrogen-bond donors (Lipinski definition) is 1. The normalized spacial score (nSPS) is 16.0. The highest BCUT2D eigenvalue weighted by atomic mass is 35.5. The fourth-order valence-corrected chi connectivity index (χ4v) is 3.46. The first-order chi connectivity index (χ1) is 15.4.